The molecule has 25 heavy (non-hydrogen) atoms. The van der Waals surface area contributed by atoms with E-state index in [1.165, 1.54) is 19.2 Å². The van der Waals surface area contributed by atoms with E-state index in [1.54, 1.807) is 18.2 Å². The highest BCUT2D eigenvalue weighted by molar-refractivity contribution is 7.90. The number of nitrogens with zero attached hydrogens (tertiary/aromatic N) is 1. The number of rotatable bonds is 3. The molecule has 0 fully saturated rings. The smallest absolute Gasteiger partial charge is 0.294 e. The number of carbonyl (C=O) groups excluding carboxylic acids is 1. The summed E-state index contributed by atoms with van der Waals surface area (Å²) in [5.74, 6) is -0.308. The van der Waals surface area contributed by atoms with Crippen molar-refractivity contribution in [2.24, 2.45) is 0 Å². The lowest BCUT2D eigenvalue weighted by Gasteiger charge is -2.10. The summed E-state index contributed by atoms with van der Waals surface area (Å²) in [6.07, 6.45) is -3.36. The van der Waals surface area contributed by atoms with Crippen LogP contribution in [0.15, 0.2) is 59.6 Å². The number of para-hydroxylation sites is 1. The van der Waals surface area contributed by atoms with Crippen LogP contribution in [0.25, 0.3) is 10.9 Å². The Bertz CT molecular complexity index is 1060. The Labute approximate surface area is 141 Å². The molecule has 8 heteroatoms. The lowest BCUT2D eigenvalue weighted by atomic mass is 10.1. The quantitative estimate of drug-likeness (QED) is 0.655. The molecule has 0 amide bonds. The van der Waals surface area contributed by atoms with Gasteiger partial charge >= 0.3 is 6.18 Å². The van der Waals surface area contributed by atoms with Crippen molar-refractivity contribution in [1.29, 1.82) is 0 Å². The summed E-state index contributed by atoms with van der Waals surface area (Å²) in [7, 11) is -4.14. The number of fused-ring (bicyclic) bond motifs is 1. The number of benzene rings is 2. The molecule has 0 bridgehead atoms. The van der Waals surface area contributed by atoms with Gasteiger partial charge in [-0.05, 0) is 37.3 Å². The summed E-state index contributed by atoms with van der Waals surface area (Å²) in [4.78, 5) is 11.5. The van der Waals surface area contributed by atoms with Crippen LogP contribution in [0.1, 0.15) is 22.8 Å². The van der Waals surface area contributed by atoms with E-state index in [1.807, 2.05) is 0 Å². The Balaban J connectivity index is 2.19. The first-order valence-corrected chi connectivity index (χ1v) is 8.60. The number of Topliss-reactive ketones (excluding diaryl/α,β-unsaturated/α-hetero) is 1. The van der Waals surface area contributed by atoms with E-state index >= 15 is 0 Å². The summed E-state index contributed by atoms with van der Waals surface area (Å²) in [6, 6.07) is 9.67. The largest absolute Gasteiger partial charge is 0.416 e. The van der Waals surface area contributed by atoms with Crippen LogP contribution in [0, 0.1) is 0 Å². The van der Waals surface area contributed by atoms with E-state index < -0.39 is 21.8 Å². The van der Waals surface area contributed by atoms with Crippen molar-refractivity contribution in [2.75, 3.05) is 0 Å². The van der Waals surface area contributed by atoms with E-state index in [0.717, 1.165) is 16.1 Å². The first-order valence-electron chi connectivity index (χ1n) is 7.16. The second-order valence-corrected chi connectivity index (χ2v) is 7.25. The molecule has 0 atom stereocenters. The van der Waals surface area contributed by atoms with Crippen molar-refractivity contribution in [2.45, 2.75) is 18.0 Å². The van der Waals surface area contributed by atoms with Gasteiger partial charge in [0.15, 0.2) is 5.78 Å². The maximum atomic E-state index is 12.8. The Hall–Kier alpha value is -2.61. The molecule has 0 radical (unpaired) electrons. The molecule has 130 valence electrons. The number of carbonyl (C=O) groups is 1. The monoisotopic (exact) mass is 367 g/mol. The van der Waals surface area contributed by atoms with Gasteiger partial charge in [-0.1, -0.05) is 18.2 Å². The van der Waals surface area contributed by atoms with Crippen molar-refractivity contribution < 1.29 is 26.4 Å². The molecule has 0 aliphatic rings. The van der Waals surface area contributed by atoms with Crippen LogP contribution >= 0.6 is 0 Å². The number of halogens is 3. The zero-order chi connectivity index (χ0) is 18.4. The molecule has 3 rings (SSSR count). The van der Waals surface area contributed by atoms with Gasteiger partial charge < -0.3 is 0 Å². The molecule has 1 aromatic heterocycles. The Kier molecular flexibility index (Phi) is 3.95. The van der Waals surface area contributed by atoms with E-state index in [2.05, 4.69) is 0 Å². The van der Waals surface area contributed by atoms with Crippen molar-refractivity contribution in [3.8, 4) is 0 Å². The zero-order valence-corrected chi connectivity index (χ0v) is 13.7. The second-order valence-electron chi connectivity index (χ2n) is 5.44. The summed E-state index contributed by atoms with van der Waals surface area (Å²) >= 11 is 0. The molecule has 0 N–H and O–H groups in total. The highest BCUT2D eigenvalue weighted by Gasteiger charge is 2.31. The molecule has 1 heterocycles. The van der Waals surface area contributed by atoms with Crippen molar-refractivity contribution in [3.05, 3.63) is 65.9 Å². The van der Waals surface area contributed by atoms with E-state index in [9.17, 15) is 26.4 Å². The van der Waals surface area contributed by atoms with Crippen LogP contribution in [0.2, 0.25) is 0 Å². The zero-order valence-electron chi connectivity index (χ0n) is 12.9. The summed E-state index contributed by atoms with van der Waals surface area (Å²) in [5, 5.41) is 0.463. The number of alkyl halides is 3. The highest BCUT2D eigenvalue weighted by atomic mass is 32.2. The van der Waals surface area contributed by atoms with Crippen LogP contribution in [0.3, 0.4) is 0 Å². The molecule has 0 unspecified atom stereocenters. The van der Waals surface area contributed by atoms with Gasteiger partial charge in [-0.25, -0.2) is 12.4 Å². The number of hydrogen-bond donors (Lipinski definition) is 0. The standard InChI is InChI=1S/C17H12F3NO3S/c1-11(22)15-10-21(16-5-3-2-4-14(15)16)25(23,24)13-8-6-12(7-9-13)17(18,19)20/h2-10H,1H3. The van der Waals surface area contributed by atoms with Gasteiger partial charge in [-0.15, -0.1) is 0 Å². The Morgan fingerprint density at radius 1 is 1.00 bits per heavy atom. The molecule has 0 saturated heterocycles. The fourth-order valence-corrected chi connectivity index (χ4v) is 3.93. The van der Waals surface area contributed by atoms with Gasteiger partial charge in [0.05, 0.1) is 16.0 Å². The van der Waals surface area contributed by atoms with E-state index in [-0.39, 0.29) is 21.8 Å². The van der Waals surface area contributed by atoms with Gasteiger partial charge in [0.25, 0.3) is 10.0 Å². The number of ketones is 1. The average molecular weight is 367 g/mol. The summed E-state index contributed by atoms with van der Waals surface area (Å²) in [6.45, 7) is 1.32. The molecule has 4 nitrogen and oxygen atoms in total. The lowest BCUT2D eigenvalue weighted by molar-refractivity contribution is -0.137. The maximum Gasteiger partial charge on any atom is 0.416 e. The third-order valence-corrected chi connectivity index (χ3v) is 5.48. The lowest BCUT2D eigenvalue weighted by Crippen LogP contribution is -2.13. The fraction of sp³-hybridized carbons (Fsp3) is 0.118. The van der Waals surface area contributed by atoms with Crippen LogP contribution in [-0.2, 0) is 16.2 Å². The minimum absolute atomic E-state index is 0.228. The SMILES string of the molecule is CC(=O)c1cn(S(=O)(=O)c2ccc(C(F)(F)F)cc2)c2ccccc12. The van der Waals surface area contributed by atoms with Gasteiger partial charge in [0, 0.05) is 17.1 Å². The summed E-state index contributed by atoms with van der Waals surface area (Å²) < 4.78 is 64.5. The maximum absolute atomic E-state index is 12.8. The van der Waals surface area contributed by atoms with Crippen LogP contribution in [-0.4, -0.2) is 18.2 Å². The second kappa shape index (κ2) is 5.73. The fourth-order valence-electron chi connectivity index (χ4n) is 2.56. The van der Waals surface area contributed by atoms with Crippen LogP contribution < -0.4 is 0 Å². The van der Waals surface area contributed by atoms with E-state index in [4.69, 9.17) is 0 Å². The van der Waals surface area contributed by atoms with Gasteiger partial charge in [0.2, 0.25) is 0 Å². The Morgan fingerprint density at radius 2 is 1.60 bits per heavy atom. The van der Waals surface area contributed by atoms with Gasteiger partial charge in [-0.3, -0.25) is 4.79 Å². The van der Waals surface area contributed by atoms with Gasteiger partial charge in [-0.2, -0.15) is 13.2 Å². The van der Waals surface area contributed by atoms with Gasteiger partial charge in [0.1, 0.15) is 0 Å². The van der Waals surface area contributed by atoms with Crippen molar-refractivity contribution >= 4 is 26.7 Å². The molecule has 0 saturated carbocycles. The minimum Gasteiger partial charge on any atom is -0.294 e. The molecule has 3 aromatic rings. The third-order valence-electron chi connectivity index (χ3n) is 3.80. The number of hydrogen-bond acceptors (Lipinski definition) is 3. The minimum atomic E-state index is -4.55. The first kappa shape index (κ1) is 17.2. The predicted octanol–water partition coefficient (Wildman–Crippen LogP) is 4.10. The normalized spacial score (nSPS) is 12.5. The average Bonchev–Trinajstić information content (AvgIpc) is 2.95. The van der Waals surface area contributed by atoms with Crippen LogP contribution in [0.4, 0.5) is 13.2 Å². The molecular weight excluding hydrogens is 355 g/mol. The predicted molar refractivity (Wildman–Crippen MR) is 86.0 cm³/mol. The first-order chi connectivity index (χ1) is 11.6. The third kappa shape index (κ3) is 2.93. The molecule has 2 aromatic carbocycles. The molecule has 0 spiro atoms. The van der Waals surface area contributed by atoms with Crippen molar-refractivity contribution in [1.82, 2.24) is 3.97 Å². The molecular formula is C17H12F3NO3S. The molecule has 0 aliphatic heterocycles. The molecule has 0 aliphatic carbocycles. The number of aromatic nitrogens is 1. The van der Waals surface area contributed by atoms with Crippen molar-refractivity contribution in [3.63, 3.8) is 0 Å². The Morgan fingerprint density at radius 3 is 2.16 bits per heavy atom. The topological polar surface area (TPSA) is 56.1 Å². The highest BCUT2D eigenvalue weighted by Crippen LogP contribution is 2.31. The summed E-state index contributed by atoms with van der Waals surface area (Å²) in [5.41, 5.74) is -0.424. The van der Waals surface area contributed by atoms with E-state index in [0.29, 0.717) is 17.5 Å². The van der Waals surface area contributed by atoms with Crippen LogP contribution in [0.5, 0.6) is 0 Å².